The van der Waals surface area contributed by atoms with Gasteiger partial charge in [-0.1, -0.05) is 27.7 Å². The topological polar surface area (TPSA) is 96.2 Å². The number of carbonyl (C=O) groups excluding carboxylic acids is 1. The summed E-state index contributed by atoms with van der Waals surface area (Å²) in [6.07, 6.45) is 10.5. The van der Waals surface area contributed by atoms with Gasteiger partial charge in [0.1, 0.15) is 0 Å². The molecule has 0 radical (unpaired) electrons. The molecule has 1 aliphatic heterocycles. The Morgan fingerprint density at radius 2 is 1.84 bits per heavy atom. The zero-order chi connectivity index (χ0) is 22.2. The number of aromatic nitrogens is 2. The van der Waals surface area contributed by atoms with Gasteiger partial charge in [-0.05, 0) is 68.1 Å². The van der Waals surface area contributed by atoms with Crippen LogP contribution in [0.1, 0.15) is 66.2 Å². The van der Waals surface area contributed by atoms with E-state index in [-0.39, 0.29) is 5.54 Å². The van der Waals surface area contributed by atoms with Gasteiger partial charge in [-0.25, -0.2) is 14.8 Å². The van der Waals surface area contributed by atoms with E-state index in [0.717, 1.165) is 55.8 Å². The number of nitrogens with two attached hydrogens (primary N) is 1. The van der Waals surface area contributed by atoms with Gasteiger partial charge in [0.2, 0.25) is 5.95 Å². The van der Waals surface area contributed by atoms with Crippen molar-refractivity contribution in [2.45, 2.75) is 77.8 Å². The number of hydrogen-bond acceptors (Lipinski definition) is 5. The highest BCUT2D eigenvalue weighted by Crippen LogP contribution is 2.48. The molecule has 2 heterocycles. The SMILES string of the molecule is CC1CC2CC(NC(N)=O)(C1)CC(C)C2Nc1cnc(N2CCC(C(C)C)CC2)nc1. The Bertz CT molecular complexity index is 756. The minimum absolute atomic E-state index is 0.145. The molecule has 2 saturated carbocycles. The molecule has 2 bridgehead atoms. The third-order valence-corrected chi connectivity index (χ3v) is 8.06. The molecule has 2 amide bonds. The Morgan fingerprint density at radius 1 is 1.16 bits per heavy atom. The van der Waals surface area contributed by atoms with E-state index in [2.05, 4.69) is 53.2 Å². The van der Waals surface area contributed by atoms with Gasteiger partial charge in [0.15, 0.2) is 0 Å². The first-order chi connectivity index (χ1) is 14.7. The lowest BCUT2D eigenvalue weighted by atomic mass is 9.59. The fourth-order valence-electron chi connectivity index (χ4n) is 6.78. The van der Waals surface area contributed by atoms with Crippen molar-refractivity contribution in [1.82, 2.24) is 15.3 Å². The average molecular weight is 429 g/mol. The van der Waals surface area contributed by atoms with Crippen LogP contribution >= 0.6 is 0 Å². The number of piperidine rings is 1. The highest BCUT2D eigenvalue weighted by atomic mass is 16.2. The Kier molecular flexibility index (Phi) is 6.31. The van der Waals surface area contributed by atoms with Crippen LogP contribution in [0.3, 0.4) is 0 Å². The molecule has 3 aliphatic rings. The molecular formula is C24H40N6O. The second-order valence-corrected chi connectivity index (χ2v) is 11.0. The molecule has 1 saturated heterocycles. The number of hydrogen-bond donors (Lipinski definition) is 3. The predicted octanol–water partition coefficient (Wildman–Crippen LogP) is 4.01. The van der Waals surface area contributed by atoms with E-state index in [4.69, 9.17) is 5.73 Å². The van der Waals surface area contributed by atoms with Gasteiger partial charge in [0.05, 0.1) is 18.1 Å². The summed E-state index contributed by atoms with van der Waals surface area (Å²) >= 11 is 0. The van der Waals surface area contributed by atoms with Gasteiger partial charge in [0, 0.05) is 24.7 Å². The van der Waals surface area contributed by atoms with Crippen molar-refractivity contribution < 1.29 is 4.79 Å². The van der Waals surface area contributed by atoms with Crippen molar-refractivity contribution in [3.63, 3.8) is 0 Å². The molecule has 2 aliphatic carbocycles. The Labute approximate surface area is 187 Å². The van der Waals surface area contributed by atoms with Gasteiger partial charge < -0.3 is 21.3 Å². The number of amides is 2. The molecule has 4 N–H and O–H groups in total. The van der Waals surface area contributed by atoms with Crippen LogP contribution in [0.25, 0.3) is 0 Å². The molecule has 172 valence electrons. The van der Waals surface area contributed by atoms with Gasteiger partial charge in [-0.3, -0.25) is 0 Å². The molecule has 3 fully saturated rings. The van der Waals surface area contributed by atoms with E-state index in [1.807, 2.05) is 12.4 Å². The van der Waals surface area contributed by atoms with Crippen LogP contribution in [-0.2, 0) is 0 Å². The number of nitrogens with one attached hydrogen (secondary N) is 2. The number of primary amides is 1. The second kappa shape index (κ2) is 8.83. The zero-order valence-corrected chi connectivity index (χ0v) is 19.6. The number of rotatable bonds is 5. The molecule has 1 aromatic heterocycles. The van der Waals surface area contributed by atoms with Crippen LogP contribution in [0, 0.1) is 29.6 Å². The van der Waals surface area contributed by atoms with Crippen molar-refractivity contribution in [2.75, 3.05) is 23.3 Å². The number of urea groups is 1. The minimum atomic E-state index is -0.395. The van der Waals surface area contributed by atoms with E-state index in [1.54, 1.807) is 0 Å². The normalized spacial score (nSPS) is 33.9. The molecule has 5 unspecified atom stereocenters. The van der Waals surface area contributed by atoms with Crippen molar-refractivity contribution in [3.8, 4) is 0 Å². The first-order valence-corrected chi connectivity index (χ1v) is 12.2. The summed E-state index contributed by atoms with van der Waals surface area (Å²) in [6, 6.07) is -0.0327. The quantitative estimate of drug-likeness (QED) is 0.658. The average Bonchev–Trinajstić information content (AvgIpc) is 2.70. The van der Waals surface area contributed by atoms with Crippen LogP contribution in [-0.4, -0.2) is 40.7 Å². The van der Waals surface area contributed by atoms with Crippen molar-refractivity contribution >= 4 is 17.7 Å². The smallest absolute Gasteiger partial charge is 0.312 e. The lowest BCUT2D eigenvalue weighted by molar-refractivity contribution is 0.0527. The summed E-state index contributed by atoms with van der Waals surface area (Å²) in [5, 5.41) is 6.85. The maximum atomic E-state index is 11.6. The summed E-state index contributed by atoms with van der Waals surface area (Å²) in [6.45, 7) is 11.3. The summed E-state index contributed by atoms with van der Waals surface area (Å²) in [5.74, 6) is 3.95. The van der Waals surface area contributed by atoms with Crippen molar-refractivity contribution in [1.29, 1.82) is 0 Å². The molecule has 0 aromatic carbocycles. The third kappa shape index (κ3) is 4.90. The maximum absolute atomic E-state index is 11.6. The van der Waals surface area contributed by atoms with Gasteiger partial charge in [-0.2, -0.15) is 0 Å². The highest BCUT2D eigenvalue weighted by Gasteiger charge is 2.49. The number of fused-ring (bicyclic) bond motifs is 2. The number of carbonyl (C=O) groups is 1. The van der Waals surface area contributed by atoms with Gasteiger partial charge in [-0.15, -0.1) is 0 Å². The lowest BCUT2D eigenvalue weighted by Gasteiger charge is -2.53. The molecule has 5 atom stereocenters. The summed E-state index contributed by atoms with van der Waals surface area (Å²) in [5.41, 5.74) is 6.36. The van der Waals surface area contributed by atoms with Crippen LogP contribution in [0.15, 0.2) is 12.4 Å². The van der Waals surface area contributed by atoms with Crippen LogP contribution in [0.2, 0.25) is 0 Å². The zero-order valence-electron chi connectivity index (χ0n) is 19.6. The maximum Gasteiger partial charge on any atom is 0.312 e. The fraction of sp³-hybridized carbons (Fsp3) is 0.792. The molecule has 7 nitrogen and oxygen atoms in total. The van der Waals surface area contributed by atoms with Gasteiger partial charge >= 0.3 is 6.03 Å². The van der Waals surface area contributed by atoms with E-state index in [1.165, 1.54) is 19.3 Å². The molecule has 7 heteroatoms. The minimum Gasteiger partial charge on any atom is -0.379 e. The van der Waals surface area contributed by atoms with E-state index >= 15 is 0 Å². The molecule has 0 spiro atoms. The van der Waals surface area contributed by atoms with E-state index in [0.29, 0.717) is 23.8 Å². The standard InChI is InChI=1S/C24H40N6O/c1-15(2)18-5-7-30(8-6-18)23-26-13-20(14-27-23)28-21-17(4)11-24(29-22(25)31)10-16(3)9-19(21)12-24/h13-19,21,28H,5-12H2,1-4H3,(H3,25,29,31). The highest BCUT2D eigenvalue weighted by molar-refractivity contribution is 5.72. The summed E-state index contributed by atoms with van der Waals surface area (Å²) < 4.78 is 0. The molecule has 4 rings (SSSR count). The van der Waals surface area contributed by atoms with E-state index < -0.39 is 6.03 Å². The fourth-order valence-corrected chi connectivity index (χ4v) is 6.78. The van der Waals surface area contributed by atoms with Crippen molar-refractivity contribution in [3.05, 3.63) is 12.4 Å². The molecule has 1 aromatic rings. The number of nitrogens with zero attached hydrogens (tertiary/aromatic N) is 3. The number of anilines is 2. The Balaban J connectivity index is 1.40. The first kappa shape index (κ1) is 22.2. The third-order valence-electron chi connectivity index (χ3n) is 8.06. The largest absolute Gasteiger partial charge is 0.379 e. The summed E-state index contributed by atoms with van der Waals surface area (Å²) in [7, 11) is 0. The van der Waals surface area contributed by atoms with E-state index in [9.17, 15) is 4.79 Å². The van der Waals surface area contributed by atoms with Crippen LogP contribution in [0.4, 0.5) is 16.4 Å². The monoisotopic (exact) mass is 428 g/mol. The van der Waals surface area contributed by atoms with Crippen LogP contribution in [0.5, 0.6) is 0 Å². The second-order valence-electron chi connectivity index (χ2n) is 11.0. The van der Waals surface area contributed by atoms with Crippen LogP contribution < -0.4 is 21.3 Å². The lowest BCUT2D eigenvalue weighted by Crippen LogP contribution is -2.61. The Morgan fingerprint density at radius 3 is 2.45 bits per heavy atom. The van der Waals surface area contributed by atoms with Crippen molar-refractivity contribution in [2.24, 2.45) is 35.3 Å². The molecular weight excluding hydrogens is 388 g/mol. The molecule has 31 heavy (non-hydrogen) atoms. The van der Waals surface area contributed by atoms with Gasteiger partial charge in [0.25, 0.3) is 0 Å². The first-order valence-electron chi connectivity index (χ1n) is 12.2. The predicted molar refractivity (Wildman–Crippen MR) is 125 cm³/mol. The summed E-state index contributed by atoms with van der Waals surface area (Å²) in [4.78, 5) is 23.3. The Hall–Kier alpha value is -2.05.